The predicted octanol–water partition coefficient (Wildman–Crippen LogP) is -0.0170. The smallest absolute Gasteiger partial charge is 0.333 e. The number of carbonyl (C=O) groups excluding carboxylic acids is 2. The summed E-state index contributed by atoms with van der Waals surface area (Å²) in [5.74, 6) is -1.48. The second kappa shape index (κ2) is 5.75. The average molecular weight is 260 g/mol. The first-order valence-electron chi connectivity index (χ1n) is 4.73. The summed E-state index contributed by atoms with van der Waals surface area (Å²) in [4.78, 5) is 49.6. The van der Waals surface area contributed by atoms with Gasteiger partial charge >= 0.3 is 11.9 Å². The van der Waals surface area contributed by atoms with Crippen molar-refractivity contribution in [1.29, 1.82) is 0 Å². The highest BCUT2D eigenvalue weighted by atomic mass is 17.2. The molecular formula is C8H8N2O8. The van der Waals surface area contributed by atoms with E-state index in [-0.39, 0.29) is 12.8 Å². The third-order valence-corrected chi connectivity index (χ3v) is 1.58. The fourth-order valence-electron chi connectivity index (χ4n) is 0.896. The van der Waals surface area contributed by atoms with E-state index in [0.717, 1.165) is 25.0 Å². The van der Waals surface area contributed by atoms with Gasteiger partial charge in [0.15, 0.2) is 25.0 Å². The minimum absolute atomic E-state index is 0.233. The van der Waals surface area contributed by atoms with Crippen molar-refractivity contribution in [3.63, 3.8) is 0 Å². The van der Waals surface area contributed by atoms with Crippen molar-refractivity contribution in [3.05, 3.63) is 25.0 Å². The lowest BCUT2D eigenvalue weighted by Crippen LogP contribution is -2.24. The maximum Gasteiger partial charge on any atom is 0.333 e. The zero-order chi connectivity index (χ0) is 12.8. The van der Waals surface area contributed by atoms with Gasteiger partial charge in [-0.25, -0.2) is 0 Å². The Kier molecular flexibility index (Phi) is 3.83. The van der Waals surface area contributed by atoms with E-state index in [0.29, 0.717) is 10.8 Å². The lowest BCUT2D eigenvalue weighted by Gasteiger charge is -2.11. The van der Waals surface area contributed by atoms with Crippen LogP contribution in [0, 0.1) is 0 Å². The topological polar surface area (TPSA) is 96.0 Å². The van der Waals surface area contributed by atoms with Crippen molar-refractivity contribution in [3.8, 4) is 0 Å². The van der Waals surface area contributed by atoms with Gasteiger partial charge in [-0.1, -0.05) is 0 Å². The van der Waals surface area contributed by atoms with Crippen molar-refractivity contribution in [2.75, 3.05) is 0 Å². The highest BCUT2D eigenvalue weighted by Gasteiger charge is 2.20. The van der Waals surface area contributed by atoms with Crippen molar-refractivity contribution in [1.82, 2.24) is 10.8 Å². The van der Waals surface area contributed by atoms with E-state index in [1.54, 1.807) is 0 Å². The Hall–Kier alpha value is -2.46. The number of hydrogen-bond acceptors (Lipinski definition) is 10. The molecule has 0 aromatic heterocycles. The van der Waals surface area contributed by atoms with Crippen LogP contribution >= 0.6 is 0 Å². The molecule has 0 fully saturated rings. The van der Waals surface area contributed by atoms with Gasteiger partial charge in [0.25, 0.3) is 0 Å². The van der Waals surface area contributed by atoms with E-state index >= 15 is 0 Å². The maximum atomic E-state index is 11.2. The highest BCUT2D eigenvalue weighted by Crippen LogP contribution is 2.08. The summed E-state index contributed by atoms with van der Waals surface area (Å²) in [6.45, 7) is 0. The molecule has 18 heavy (non-hydrogen) atoms. The zero-order valence-electron chi connectivity index (χ0n) is 8.88. The van der Waals surface area contributed by atoms with Gasteiger partial charge in [-0.15, -0.1) is 0 Å². The van der Waals surface area contributed by atoms with Crippen LogP contribution < -0.4 is 0 Å². The first-order chi connectivity index (χ1) is 8.74. The number of hydrogen-bond donors (Lipinski definition) is 0. The largest absolute Gasteiger partial charge is 0.344 e. The number of rotatable bonds is 5. The minimum atomic E-state index is -0.739. The van der Waals surface area contributed by atoms with Crippen molar-refractivity contribution in [2.45, 2.75) is 12.8 Å². The molecule has 0 aromatic rings. The molecule has 0 radical (unpaired) electrons. The molecule has 0 N–H and O–H groups in total. The van der Waals surface area contributed by atoms with E-state index in [1.807, 2.05) is 0 Å². The van der Waals surface area contributed by atoms with Gasteiger partial charge in [-0.3, -0.25) is 9.59 Å². The molecule has 0 aliphatic carbocycles. The second-order valence-electron chi connectivity index (χ2n) is 2.84. The predicted molar refractivity (Wildman–Crippen MR) is 47.7 cm³/mol. The monoisotopic (exact) mass is 260 g/mol. The lowest BCUT2D eigenvalue weighted by molar-refractivity contribution is -0.452. The molecule has 10 heteroatoms. The van der Waals surface area contributed by atoms with Crippen LogP contribution in [-0.4, -0.2) is 22.7 Å². The molecule has 0 spiro atoms. The summed E-state index contributed by atoms with van der Waals surface area (Å²) in [5, 5.41) is 0.981. The molecule has 0 unspecified atom stereocenters. The van der Waals surface area contributed by atoms with E-state index in [9.17, 15) is 9.59 Å². The molecule has 0 bridgehead atoms. The van der Waals surface area contributed by atoms with Gasteiger partial charge in [0.2, 0.25) is 10.8 Å². The molecule has 0 aromatic carbocycles. The van der Waals surface area contributed by atoms with Crippen LogP contribution in [0.3, 0.4) is 0 Å². The fraction of sp³-hybridized carbons (Fsp3) is 0.250. The SMILES string of the molecule is O=C(CCC(=O)ON1OC=CO1)ON1OC=CO1. The molecule has 2 rings (SSSR count). The third-order valence-electron chi connectivity index (χ3n) is 1.58. The van der Waals surface area contributed by atoms with Crippen molar-refractivity contribution in [2.24, 2.45) is 0 Å². The van der Waals surface area contributed by atoms with Gasteiger partial charge in [0, 0.05) is 0 Å². The molecular weight excluding hydrogens is 252 g/mol. The van der Waals surface area contributed by atoms with E-state index in [1.165, 1.54) is 0 Å². The van der Waals surface area contributed by atoms with Crippen LogP contribution in [0.5, 0.6) is 0 Å². The molecule has 2 aliphatic heterocycles. The Labute approximate surface area is 100 Å². The van der Waals surface area contributed by atoms with Gasteiger partial charge in [-0.2, -0.15) is 0 Å². The fourth-order valence-corrected chi connectivity index (χ4v) is 0.896. The average Bonchev–Trinajstić information content (AvgIpc) is 2.99. The summed E-state index contributed by atoms with van der Waals surface area (Å²) in [6, 6.07) is 0. The van der Waals surface area contributed by atoms with Gasteiger partial charge in [0.1, 0.15) is 0 Å². The Morgan fingerprint density at radius 3 is 1.44 bits per heavy atom. The Morgan fingerprint density at radius 2 is 1.11 bits per heavy atom. The number of nitrogens with zero attached hydrogens (tertiary/aromatic N) is 2. The van der Waals surface area contributed by atoms with Gasteiger partial charge < -0.3 is 29.0 Å². The Bertz CT molecular complexity index is 329. The van der Waals surface area contributed by atoms with E-state index in [2.05, 4.69) is 29.0 Å². The normalized spacial score (nSPS) is 17.6. The molecule has 2 heterocycles. The third kappa shape index (κ3) is 3.54. The van der Waals surface area contributed by atoms with Crippen LogP contribution in [0.2, 0.25) is 0 Å². The molecule has 0 saturated carbocycles. The van der Waals surface area contributed by atoms with Crippen LogP contribution in [0.15, 0.2) is 25.0 Å². The first kappa shape index (κ1) is 12.0. The van der Waals surface area contributed by atoms with Crippen LogP contribution in [0.1, 0.15) is 12.8 Å². The van der Waals surface area contributed by atoms with Gasteiger partial charge in [-0.05, 0) is 0 Å². The van der Waals surface area contributed by atoms with Gasteiger partial charge in [0.05, 0.1) is 12.8 Å². The Balaban J connectivity index is 1.58. The van der Waals surface area contributed by atoms with Crippen LogP contribution in [-0.2, 0) is 38.6 Å². The van der Waals surface area contributed by atoms with E-state index in [4.69, 9.17) is 0 Å². The standard InChI is InChI=1S/C8H8N2O8/c11-7(17-9-13-3-4-14-9)1-2-8(12)18-10-15-5-6-16-10/h3-6H,1-2H2. The quantitative estimate of drug-likeness (QED) is 0.670. The second-order valence-corrected chi connectivity index (χ2v) is 2.84. The molecule has 98 valence electrons. The minimum Gasteiger partial charge on any atom is -0.344 e. The summed E-state index contributed by atoms with van der Waals surface area (Å²) >= 11 is 0. The summed E-state index contributed by atoms with van der Waals surface area (Å²) in [6.07, 6.45) is 4.19. The summed E-state index contributed by atoms with van der Waals surface area (Å²) < 4.78 is 0. The summed E-state index contributed by atoms with van der Waals surface area (Å²) in [5.41, 5.74) is 0. The number of carbonyl (C=O) groups is 2. The molecule has 10 nitrogen and oxygen atoms in total. The first-order valence-corrected chi connectivity index (χ1v) is 4.73. The van der Waals surface area contributed by atoms with Crippen molar-refractivity contribution < 1.29 is 38.6 Å². The van der Waals surface area contributed by atoms with Crippen LogP contribution in [0.25, 0.3) is 0 Å². The maximum absolute atomic E-state index is 11.2. The molecule has 2 aliphatic rings. The highest BCUT2D eigenvalue weighted by molar-refractivity contribution is 5.77. The molecule has 0 saturated heterocycles. The van der Waals surface area contributed by atoms with E-state index < -0.39 is 11.9 Å². The zero-order valence-corrected chi connectivity index (χ0v) is 8.88. The summed E-state index contributed by atoms with van der Waals surface area (Å²) in [7, 11) is 0. The van der Waals surface area contributed by atoms with Crippen LogP contribution in [0.4, 0.5) is 0 Å². The lowest BCUT2D eigenvalue weighted by atomic mass is 10.3. The van der Waals surface area contributed by atoms with Crippen molar-refractivity contribution >= 4 is 11.9 Å². The molecule has 0 amide bonds. The molecule has 0 atom stereocenters. The Morgan fingerprint density at radius 1 is 0.778 bits per heavy atom.